The summed E-state index contributed by atoms with van der Waals surface area (Å²) in [5.41, 5.74) is 2.11. The van der Waals surface area contributed by atoms with Crippen LogP contribution >= 0.6 is 0 Å². The SMILES string of the molecule is CCOC(CCCCCCCCCc1cccc(C2CC(=O)OC2=O)c1)(OCC)OCC. The maximum absolute atomic E-state index is 11.8. The second-order valence-electron chi connectivity index (χ2n) is 8.25. The normalized spacial score (nSPS) is 16.5. The first-order valence-electron chi connectivity index (χ1n) is 12.3. The van der Waals surface area contributed by atoms with Crippen molar-refractivity contribution in [1.82, 2.24) is 0 Å². The van der Waals surface area contributed by atoms with E-state index in [1.807, 2.05) is 39.0 Å². The highest BCUT2D eigenvalue weighted by atomic mass is 16.9. The van der Waals surface area contributed by atoms with Gasteiger partial charge >= 0.3 is 11.9 Å². The summed E-state index contributed by atoms with van der Waals surface area (Å²) in [6.07, 6.45) is 10.0. The summed E-state index contributed by atoms with van der Waals surface area (Å²) < 4.78 is 22.0. The van der Waals surface area contributed by atoms with Gasteiger partial charge in [0.2, 0.25) is 0 Å². The van der Waals surface area contributed by atoms with Gasteiger partial charge in [-0.15, -0.1) is 0 Å². The molecule has 0 amide bonds. The molecule has 0 radical (unpaired) electrons. The fourth-order valence-corrected chi connectivity index (χ4v) is 4.25. The number of hydrogen-bond acceptors (Lipinski definition) is 6. The Kier molecular flexibility index (Phi) is 11.9. The quantitative estimate of drug-likeness (QED) is 0.132. The third-order valence-corrected chi connectivity index (χ3v) is 5.76. The second kappa shape index (κ2) is 14.4. The first-order valence-corrected chi connectivity index (χ1v) is 12.3. The highest BCUT2D eigenvalue weighted by molar-refractivity contribution is 5.97. The van der Waals surface area contributed by atoms with Crippen LogP contribution in [0.5, 0.6) is 0 Å². The fourth-order valence-electron chi connectivity index (χ4n) is 4.25. The highest BCUT2D eigenvalue weighted by Crippen LogP contribution is 2.28. The van der Waals surface area contributed by atoms with Crippen molar-refractivity contribution in [3.8, 4) is 0 Å². The van der Waals surface area contributed by atoms with Crippen LogP contribution in [-0.4, -0.2) is 37.7 Å². The number of unbranched alkanes of at least 4 members (excludes halogenated alkanes) is 6. The van der Waals surface area contributed by atoms with Crippen LogP contribution in [0.2, 0.25) is 0 Å². The van der Waals surface area contributed by atoms with Crippen LogP contribution in [0.1, 0.15) is 95.6 Å². The molecule has 1 heterocycles. The van der Waals surface area contributed by atoms with E-state index in [2.05, 4.69) is 10.8 Å². The van der Waals surface area contributed by atoms with Gasteiger partial charge in [-0.1, -0.05) is 56.4 Å². The molecular formula is C26H40O6. The number of hydrogen-bond donors (Lipinski definition) is 0. The van der Waals surface area contributed by atoms with Gasteiger partial charge < -0.3 is 18.9 Å². The number of rotatable bonds is 17. The van der Waals surface area contributed by atoms with Crippen LogP contribution in [-0.2, 0) is 35.0 Å². The lowest BCUT2D eigenvalue weighted by atomic mass is 9.94. The van der Waals surface area contributed by atoms with Gasteiger partial charge in [-0.3, -0.25) is 9.59 Å². The van der Waals surface area contributed by atoms with Crippen molar-refractivity contribution < 1.29 is 28.5 Å². The number of esters is 2. The Labute approximate surface area is 193 Å². The Balaban J connectivity index is 1.60. The first kappa shape index (κ1) is 26.5. The summed E-state index contributed by atoms with van der Waals surface area (Å²) in [6.45, 7) is 7.62. The summed E-state index contributed by atoms with van der Waals surface area (Å²) in [7, 11) is 0. The molecular weight excluding hydrogens is 408 g/mol. The van der Waals surface area contributed by atoms with Crippen LogP contribution < -0.4 is 0 Å². The zero-order chi connectivity index (χ0) is 23.2. The predicted octanol–water partition coefficient (Wildman–Crippen LogP) is 5.67. The van der Waals surface area contributed by atoms with Crippen LogP contribution in [0.15, 0.2) is 24.3 Å². The number of cyclic esters (lactones) is 2. The summed E-state index contributed by atoms with van der Waals surface area (Å²) in [4.78, 5) is 23.1. The maximum atomic E-state index is 11.8. The smallest absolute Gasteiger partial charge is 0.321 e. The van der Waals surface area contributed by atoms with Gasteiger partial charge in [-0.2, -0.15) is 0 Å². The average Bonchev–Trinajstić information content (AvgIpc) is 3.11. The van der Waals surface area contributed by atoms with E-state index in [0.29, 0.717) is 19.8 Å². The Morgan fingerprint density at radius 2 is 1.47 bits per heavy atom. The van der Waals surface area contributed by atoms with Crippen LogP contribution in [0.25, 0.3) is 0 Å². The van der Waals surface area contributed by atoms with E-state index < -0.39 is 23.8 Å². The summed E-state index contributed by atoms with van der Waals surface area (Å²) in [6, 6.07) is 8.01. The van der Waals surface area contributed by atoms with Crippen molar-refractivity contribution in [3.63, 3.8) is 0 Å². The van der Waals surface area contributed by atoms with Gasteiger partial charge in [0, 0.05) is 26.2 Å². The van der Waals surface area contributed by atoms with Gasteiger partial charge in [-0.25, -0.2) is 0 Å². The van der Waals surface area contributed by atoms with Crippen molar-refractivity contribution in [1.29, 1.82) is 0 Å². The molecule has 0 N–H and O–H groups in total. The van der Waals surface area contributed by atoms with Crippen molar-refractivity contribution in [3.05, 3.63) is 35.4 Å². The van der Waals surface area contributed by atoms with Crippen molar-refractivity contribution in [2.24, 2.45) is 0 Å². The molecule has 6 heteroatoms. The molecule has 1 aromatic rings. The van der Waals surface area contributed by atoms with Gasteiger partial charge in [0.1, 0.15) is 0 Å². The van der Waals surface area contributed by atoms with E-state index in [1.54, 1.807) is 0 Å². The van der Waals surface area contributed by atoms with Gasteiger partial charge in [-0.05, 0) is 51.2 Å². The summed E-state index contributed by atoms with van der Waals surface area (Å²) in [5, 5.41) is 0. The lowest BCUT2D eigenvalue weighted by Gasteiger charge is -2.32. The van der Waals surface area contributed by atoms with Gasteiger partial charge in [0.05, 0.1) is 12.3 Å². The minimum atomic E-state index is -0.880. The van der Waals surface area contributed by atoms with E-state index in [0.717, 1.165) is 37.7 Å². The molecule has 1 aliphatic rings. The van der Waals surface area contributed by atoms with Crippen molar-refractivity contribution in [2.75, 3.05) is 19.8 Å². The molecule has 1 aromatic carbocycles. The zero-order valence-electron chi connectivity index (χ0n) is 20.0. The van der Waals surface area contributed by atoms with E-state index in [4.69, 9.17) is 14.2 Å². The number of carbonyl (C=O) groups is 2. The standard InChI is InChI=1S/C26H40O6/c1-4-29-26(30-5-2,31-6-3)18-13-11-9-7-8-10-12-15-21-16-14-17-22(19-21)23-20-24(27)32-25(23)28/h14,16-17,19,23H,4-13,15,18,20H2,1-3H3. The molecule has 0 bridgehead atoms. The minimum Gasteiger partial charge on any atom is -0.393 e. The Morgan fingerprint density at radius 3 is 2.03 bits per heavy atom. The fraction of sp³-hybridized carbons (Fsp3) is 0.692. The zero-order valence-corrected chi connectivity index (χ0v) is 20.0. The lowest BCUT2D eigenvalue weighted by molar-refractivity contribution is -0.380. The molecule has 1 saturated heterocycles. The molecule has 180 valence electrons. The topological polar surface area (TPSA) is 71.1 Å². The van der Waals surface area contributed by atoms with Crippen molar-refractivity contribution in [2.45, 2.75) is 96.9 Å². The number of carbonyl (C=O) groups excluding carboxylic acids is 2. The molecule has 6 nitrogen and oxygen atoms in total. The van der Waals surface area contributed by atoms with Crippen LogP contribution in [0, 0.1) is 0 Å². The largest absolute Gasteiger partial charge is 0.393 e. The first-order chi connectivity index (χ1) is 15.5. The molecule has 2 rings (SSSR count). The van der Waals surface area contributed by atoms with Crippen LogP contribution in [0.3, 0.4) is 0 Å². The van der Waals surface area contributed by atoms with E-state index in [9.17, 15) is 9.59 Å². The lowest BCUT2D eigenvalue weighted by Crippen LogP contribution is -2.39. The molecule has 32 heavy (non-hydrogen) atoms. The Bertz CT molecular complexity index is 684. The molecule has 1 fully saturated rings. The highest BCUT2D eigenvalue weighted by Gasteiger charge is 2.34. The monoisotopic (exact) mass is 448 g/mol. The van der Waals surface area contributed by atoms with E-state index in [1.165, 1.54) is 31.2 Å². The second-order valence-corrected chi connectivity index (χ2v) is 8.25. The Hall–Kier alpha value is -1.76. The number of ether oxygens (including phenoxy) is 4. The number of benzene rings is 1. The molecule has 0 aromatic heterocycles. The number of aryl methyl sites for hydroxylation is 1. The van der Waals surface area contributed by atoms with E-state index in [-0.39, 0.29) is 6.42 Å². The van der Waals surface area contributed by atoms with Crippen LogP contribution in [0.4, 0.5) is 0 Å². The molecule has 0 saturated carbocycles. The molecule has 1 atom stereocenters. The Morgan fingerprint density at radius 1 is 0.875 bits per heavy atom. The third kappa shape index (κ3) is 8.64. The molecule has 0 aliphatic carbocycles. The predicted molar refractivity (Wildman–Crippen MR) is 123 cm³/mol. The maximum Gasteiger partial charge on any atom is 0.321 e. The van der Waals surface area contributed by atoms with Gasteiger partial charge in [0.15, 0.2) is 0 Å². The molecule has 1 aliphatic heterocycles. The molecule has 1 unspecified atom stereocenters. The summed E-state index contributed by atoms with van der Waals surface area (Å²) in [5.74, 6) is -2.16. The average molecular weight is 449 g/mol. The van der Waals surface area contributed by atoms with Crippen molar-refractivity contribution >= 4 is 11.9 Å². The molecule has 0 spiro atoms. The third-order valence-electron chi connectivity index (χ3n) is 5.76. The van der Waals surface area contributed by atoms with Gasteiger partial charge in [0.25, 0.3) is 5.97 Å². The summed E-state index contributed by atoms with van der Waals surface area (Å²) >= 11 is 0. The van der Waals surface area contributed by atoms with E-state index >= 15 is 0 Å². The minimum absolute atomic E-state index is 0.156.